The summed E-state index contributed by atoms with van der Waals surface area (Å²) in [6.45, 7) is 1.09. The van der Waals surface area contributed by atoms with Crippen LogP contribution in [0, 0.1) is 0 Å². The van der Waals surface area contributed by atoms with E-state index >= 15 is 0 Å². The molecule has 1 unspecified atom stereocenters. The number of rotatable bonds is 4. The summed E-state index contributed by atoms with van der Waals surface area (Å²) in [6.07, 6.45) is 6.84. The molecule has 0 aliphatic carbocycles. The maximum absolute atomic E-state index is 12.2. The minimum atomic E-state index is 0.0937. The second kappa shape index (κ2) is 5.95. The van der Waals surface area contributed by atoms with Gasteiger partial charge in [0.05, 0.1) is 0 Å². The molecule has 6 nitrogen and oxygen atoms in total. The van der Waals surface area contributed by atoms with Crippen molar-refractivity contribution in [2.24, 2.45) is 0 Å². The molecule has 1 aromatic carbocycles. The Morgan fingerprint density at radius 1 is 1.35 bits per heavy atom. The average molecular weight is 313 g/mol. The van der Waals surface area contributed by atoms with Gasteiger partial charge in [-0.05, 0) is 30.5 Å². The Morgan fingerprint density at radius 2 is 2.26 bits per heavy atom. The largest absolute Gasteiger partial charge is 0.454 e. The quantitative estimate of drug-likeness (QED) is 0.932. The summed E-state index contributed by atoms with van der Waals surface area (Å²) in [4.78, 5) is 16.5. The topological polar surface area (TPSA) is 65.4 Å². The van der Waals surface area contributed by atoms with E-state index in [0.29, 0.717) is 12.8 Å². The lowest BCUT2D eigenvalue weighted by molar-refractivity contribution is -0.122. The second-order valence-corrected chi connectivity index (χ2v) is 5.99. The number of aromatic nitrogens is 2. The molecule has 120 valence electrons. The highest BCUT2D eigenvalue weighted by Gasteiger charge is 2.20. The van der Waals surface area contributed by atoms with Crippen LogP contribution in [0.1, 0.15) is 24.2 Å². The fraction of sp³-hybridized carbons (Fsp3) is 0.412. The third kappa shape index (κ3) is 3.02. The molecule has 6 heteroatoms. The number of nitrogens with zero attached hydrogens (tertiary/aromatic N) is 2. The van der Waals surface area contributed by atoms with Gasteiger partial charge in [-0.1, -0.05) is 6.07 Å². The van der Waals surface area contributed by atoms with Crippen molar-refractivity contribution in [2.45, 2.75) is 38.3 Å². The molecule has 0 bridgehead atoms. The first kappa shape index (κ1) is 14.1. The van der Waals surface area contributed by atoms with E-state index in [4.69, 9.17) is 9.47 Å². The molecule has 1 amide bonds. The summed E-state index contributed by atoms with van der Waals surface area (Å²) in [5.74, 6) is 2.74. The van der Waals surface area contributed by atoms with Crippen LogP contribution in [0.25, 0.3) is 0 Å². The normalized spacial score (nSPS) is 18.5. The van der Waals surface area contributed by atoms with Gasteiger partial charge in [-0.2, -0.15) is 0 Å². The Morgan fingerprint density at radius 3 is 3.22 bits per heavy atom. The van der Waals surface area contributed by atoms with Gasteiger partial charge in [0.1, 0.15) is 5.82 Å². The predicted molar refractivity (Wildman–Crippen MR) is 83.4 cm³/mol. The molecule has 3 heterocycles. The van der Waals surface area contributed by atoms with Crippen molar-refractivity contribution in [1.29, 1.82) is 0 Å². The summed E-state index contributed by atoms with van der Waals surface area (Å²) >= 11 is 0. The summed E-state index contributed by atoms with van der Waals surface area (Å²) < 4.78 is 12.8. The standard InChI is InChI=1S/C17H19N3O3/c21-17(19-13-3-5-16-18-7-8-20(16)10-13)6-2-12-1-4-14-15(9-12)23-11-22-14/h1,4,7-9,13H,2-3,5-6,10-11H2,(H,19,21). The number of nitrogens with one attached hydrogen (secondary N) is 1. The molecule has 4 rings (SSSR count). The number of ether oxygens (including phenoxy) is 2. The smallest absolute Gasteiger partial charge is 0.231 e. The van der Waals surface area contributed by atoms with Crippen LogP contribution in [-0.4, -0.2) is 28.3 Å². The average Bonchev–Trinajstić information content (AvgIpc) is 3.20. The lowest BCUT2D eigenvalue weighted by Crippen LogP contribution is -2.40. The maximum atomic E-state index is 12.2. The molecule has 0 saturated heterocycles. The number of hydrogen-bond donors (Lipinski definition) is 1. The second-order valence-electron chi connectivity index (χ2n) is 5.99. The van der Waals surface area contributed by atoms with Crippen LogP contribution < -0.4 is 14.8 Å². The minimum Gasteiger partial charge on any atom is -0.454 e. The fourth-order valence-corrected chi connectivity index (χ4v) is 3.14. The molecule has 2 aliphatic rings. The molecular formula is C17H19N3O3. The van der Waals surface area contributed by atoms with Crippen LogP contribution in [0.3, 0.4) is 0 Å². The zero-order valence-corrected chi connectivity index (χ0v) is 12.8. The Kier molecular flexibility index (Phi) is 3.65. The van der Waals surface area contributed by atoms with E-state index in [0.717, 1.165) is 42.3 Å². The van der Waals surface area contributed by atoms with Gasteiger partial charge < -0.3 is 19.4 Å². The number of carbonyl (C=O) groups is 1. The zero-order chi connectivity index (χ0) is 15.6. The van der Waals surface area contributed by atoms with Gasteiger partial charge in [-0.3, -0.25) is 4.79 Å². The molecule has 0 spiro atoms. The zero-order valence-electron chi connectivity index (χ0n) is 12.8. The molecule has 23 heavy (non-hydrogen) atoms. The summed E-state index contributed by atoms with van der Waals surface area (Å²) in [6, 6.07) is 6.03. The molecule has 1 aromatic heterocycles. The molecule has 0 saturated carbocycles. The molecule has 1 N–H and O–H groups in total. The van der Waals surface area contributed by atoms with Gasteiger partial charge in [0.25, 0.3) is 0 Å². The highest BCUT2D eigenvalue weighted by molar-refractivity contribution is 5.76. The number of hydrogen-bond acceptors (Lipinski definition) is 4. The number of benzene rings is 1. The van der Waals surface area contributed by atoms with Gasteiger partial charge in [0.15, 0.2) is 11.5 Å². The van der Waals surface area contributed by atoms with E-state index in [1.165, 1.54) is 0 Å². The number of carbonyl (C=O) groups excluding carboxylic acids is 1. The number of aryl methyl sites for hydroxylation is 2. The van der Waals surface area contributed by atoms with Crippen LogP contribution in [0.5, 0.6) is 11.5 Å². The van der Waals surface area contributed by atoms with Crippen molar-refractivity contribution in [3.63, 3.8) is 0 Å². The first-order valence-corrected chi connectivity index (χ1v) is 7.96. The summed E-state index contributed by atoms with van der Waals surface area (Å²) in [7, 11) is 0. The Hall–Kier alpha value is -2.50. The van der Waals surface area contributed by atoms with Gasteiger partial charge in [0.2, 0.25) is 12.7 Å². The van der Waals surface area contributed by atoms with E-state index in [1.54, 1.807) is 0 Å². The maximum Gasteiger partial charge on any atom is 0.231 e. The van der Waals surface area contributed by atoms with Crippen molar-refractivity contribution in [1.82, 2.24) is 14.9 Å². The predicted octanol–water partition coefficient (Wildman–Crippen LogP) is 1.68. The SMILES string of the molecule is O=C(CCc1ccc2c(c1)OCO2)NC1CCc2nccn2C1. The summed E-state index contributed by atoms with van der Waals surface area (Å²) in [5.41, 5.74) is 1.09. The Labute approximate surface area is 134 Å². The van der Waals surface area contributed by atoms with Crippen molar-refractivity contribution >= 4 is 5.91 Å². The first-order chi connectivity index (χ1) is 11.3. The lowest BCUT2D eigenvalue weighted by Gasteiger charge is -2.24. The third-order valence-electron chi connectivity index (χ3n) is 4.38. The van der Waals surface area contributed by atoms with Crippen LogP contribution in [0.15, 0.2) is 30.6 Å². The van der Waals surface area contributed by atoms with Crippen molar-refractivity contribution in [3.8, 4) is 11.5 Å². The molecule has 0 fully saturated rings. The first-order valence-electron chi connectivity index (χ1n) is 7.96. The van der Waals surface area contributed by atoms with E-state index in [2.05, 4.69) is 14.9 Å². The van der Waals surface area contributed by atoms with Crippen LogP contribution in [0.2, 0.25) is 0 Å². The van der Waals surface area contributed by atoms with Crippen molar-refractivity contribution in [3.05, 3.63) is 42.0 Å². The molecular weight excluding hydrogens is 294 g/mol. The molecule has 2 aromatic rings. The third-order valence-corrected chi connectivity index (χ3v) is 4.38. The van der Waals surface area contributed by atoms with E-state index in [1.807, 2.05) is 30.6 Å². The monoisotopic (exact) mass is 313 g/mol. The number of fused-ring (bicyclic) bond motifs is 2. The van der Waals surface area contributed by atoms with E-state index in [9.17, 15) is 4.79 Å². The minimum absolute atomic E-state index is 0.0937. The Balaban J connectivity index is 1.29. The summed E-state index contributed by atoms with van der Waals surface area (Å²) in [5, 5.41) is 3.13. The van der Waals surface area contributed by atoms with Crippen LogP contribution in [-0.2, 0) is 24.2 Å². The lowest BCUT2D eigenvalue weighted by atomic mass is 10.1. The molecule has 1 atom stereocenters. The van der Waals surface area contributed by atoms with Gasteiger partial charge in [-0.25, -0.2) is 4.98 Å². The van der Waals surface area contributed by atoms with Crippen molar-refractivity contribution < 1.29 is 14.3 Å². The van der Waals surface area contributed by atoms with Crippen molar-refractivity contribution in [2.75, 3.05) is 6.79 Å². The van der Waals surface area contributed by atoms with Crippen LogP contribution >= 0.6 is 0 Å². The van der Waals surface area contributed by atoms with Crippen LogP contribution in [0.4, 0.5) is 0 Å². The van der Waals surface area contributed by atoms with Gasteiger partial charge >= 0.3 is 0 Å². The number of imidazole rings is 1. The molecule has 0 radical (unpaired) electrons. The highest BCUT2D eigenvalue weighted by atomic mass is 16.7. The van der Waals surface area contributed by atoms with E-state index in [-0.39, 0.29) is 18.7 Å². The van der Waals surface area contributed by atoms with E-state index < -0.39 is 0 Å². The van der Waals surface area contributed by atoms with Gasteiger partial charge in [0, 0.05) is 37.8 Å². The highest BCUT2D eigenvalue weighted by Crippen LogP contribution is 2.32. The number of amides is 1. The fourth-order valence-electron chi connectivity index (χ4n) is 3.14. The Bertz CT molecular complexity index is 726. The van der Waals surface area contributed by atoms with Gasteiger partial charge in [-0.15, -0.1) is 0 Å². The molecule has 2 aliphatic heterocycles.